The molecule has 0 spiro atoms. The van der Waals surface area contributed by atoms with Crippen LogP contribution in [0.1, 0.15) is 30.7 Å². The molecule has 0 fully saturated rings. The number of hydrogen-bond acceptors (Lipinski definition) is 7. The first-order chi connectivity index (χ1) is 16.4. The Morgan fingerprint density at radius 1 is 1.32 bits per heavy atom. The molecule has 0 bridgehead atoms. The number of carbonyl (C=O) groups is 2. The lowest BCUT2D eigenvalue weighted by molar-refractivity contribution is -0.116. The molecule has 0 unspecified atom stereocenters. The number of aromatic hydroxyl groups is 1. The van der Waals surface area contributed by atoms with Crippen LogP contribution >= 0.6 is 11.8 Å². The summed E-state index contributed by atoms with van der Waals surface area (Å²) < 4.78 is 19.1. The number of thioether (sulfide) groups is 1. The Hall–Kier alpha value is -3.77. The minimum Gasteiger partial charge on any atom is -0.504 e. The number of halogens is 1. The Labute approximate surface area is 200 Å². The van der Waals surface area contributed by atoms with Crippen molar-refractivity contribution in [2.75, 3.05) is 18.2 Å². The molecule has 2 aliphatic rings. The van der Waals surface area contributed by atoms with Crippen molar-refractivity contribution in [2.24, 2.45) is 0 Å². The highest BCUT2D eigenvalue weighted by Gasteiger charge is 2.37. The predicted octanol–water partition coefficient (Wildman–Crippen LogP) is 4.34. The molecule has 1 aliphatic carbocycles. The zero-order valence-corrected chi connectivity index (χ0v) is 19.2. The molecule has 34 heavy (non-hydrogen) atoms. The molecule has 1 heterocycles. The average molecular weight is 480 g/mol. The minimum atomic E-state index is -0.652. The lowest BCUT2D eigenvalue weighted by Crippen LogP contribution is -2.31. The second-order valence-corrected chi connectivity index (χ2v) is 8.82. The van der Waals surface area contributed by atoms with Crippen LogP contribution in [0, 0.1) is 17.1 Å². The number of dihydropyridines is 1. The molecule has 0 radical (unpaired) electrons. The summed E-state index contributed by atoms with van der Waals surface area (Å²) in [5.74, 6) is -1.54. The quantitative estimate of drug-likeness (QED) is 0.565. The highest BCUT2D eigenvalue weighted by Crippen LogP contribution is 2.45. The van der Waals surface area contributed by atoms with Crippen molar-refractivity contribution in [1.82, 2.24) is 5.32 Å². The summed E-state index contributed by atoms with van der Waals surface area (Å²) in [5.41, 5.74) is 2.26. The van der Waals surface area contributed by atoms with Gasteiger partial charge in [-0.25, -0.2) is 4.39 Å². The van der Waals surface area contributed by atoms with Gasteiger partial charge in [0.1, 0.15) is 5.82 Å². The van der Waals surface area contributed by atoms with Crippen LogP contribution in [0.15, 0.2) is 64.3 Å². The molecule has 2 aromatic carbocycles. The van der Waals surface area contributed by atoms with Crippen molar-refractivity contribution < 1.29 is 23.8 Å². The highest BCUT2D eigenvalue weighted by atomic mass is 32.2. The minimum absolute atomic E-state index is 0.0418. The van der Waals surface area contributed by atoms with Crippen LogP contribution in [0.4, 0.5) is 10.1 Å². The van der Waals surface area contributed by atoms with E-state index in [2.05, 4.69) is 16.7 Å². The monoisotopic (exact) mass is 479 g/mol. The van der Waals surface area contributed by atoms with Gasteiger partial charge in [0.05, 0.1) is 41.1 Å². The van der Waals surface area contributed by atoms with Crippen LogP contribution < -0.4 is 15.4 Å². The standard InChI is InChI=1S/C25H22FN3O4S/c1-33-21-11-14(9-10-19(21)30)23-15(12-27)25(29-18-7-4-8-20(31)24(18)23)34-13-22(32)28-17-6-3-2-5-16(17)26/h2-3,5-6,9-11,23,29-30H,4,7-8,13H2,1H3,(H,28,32)/t23-/m1/s1. The van der Waals surface area contributed by atoms with Gasteiger partial charge in [-0.3, -0.25) is 9.59 Å². The molecular formula is C25H22FN3O4S. The van der Waals surface area contributed by atoms with Gasteiger partial charge < -0.3 is 20.5 Å². The molecule has 9 heteroatoms. The number of ketones is 1. The second kappa shape index (κ2) is 10.0. The van der Waals surface area contributed by atoms with Gasteiger partial charge in [0, 0.05) is 17.7 Å². The number of methoxy groups -OCH3 is 1. The number of rotatable bonds is 6. The van der Waals surface area contributed by atoms with E-state index in [0.717, 1.165) is 17.5 Å². The summed E-state index contributed by atoms with van der Waals surface area (Å²) in [4.78, 5) is 25.4. The molecule has 174 valence electrons. The number of Topliss-reactive ketones (excluding diaryl/α,β-unsaturated/α-hetero) is 1. The van der Waals surface area contributed by atoms with Gasteiger partial charge in [-0.15, -0.1) is 0 Å². The van der Waals surface area contributed by atoms with E-state index in [1.165, 1.54) is 31.4 Å². The van der Waals surface area contributed by atoms with E-state index in [4.69, 9.17) is 4.74 Å². The fourth-order valence-electron chi connectivity index (χ4n) is 4.13. The Morgan fingerprint density at radius 2 is 2.12 bits per heavy atom. The van der Waals surface area contributed by atoms with Crippen LogP contribution in [0.3, 0.4) is 0 Å². The van der Waals surface area contributed by atoms with E-state index < -0.39 is 17.6 Å². The summed E-state index contributed by atoms with van der Waals surface area (Å²) in [6, 6.07) is 12.8. The maximum atomic E-state index is 13.9. The molecule has 0 aromatic heterocycles. The third-order valence-corrected chi connectivity index (χ3v) is 6.71. The molecule has 7 nitrogen and oxygen atoms in total. The number of para-hydroxylation sites is 1. The highest BCUT2D eigenvalue weighted by molar-refractivity contribution is 8.03. The van der Waals surface area contributed by atoms with E-state index in [0.29, 0.717) is 41.0 Å². The molecule has 3 N–H and O–H groups in total. The lowest BCUT2D eigenvalue weighted by Gasteiger charge is -2.33. The van der Waals surface area contributed by atoms with Crippen LogP contribution in [0.5, 0.6) is 11.5 Å². The van der Waals surface area contributed by atoms with Crippen molar-refractivity contribution in [3.05, 3.63) is 75.7 Å². The maximum Gasteiger partial charge on any atom is 0.234 e. The molecular weight excluding hydrogens is 457 g/mol. The molecule has 0 saturated heterocycles. The number of nitrogens with one attached hydrogen (secondary N) is 2. The van der Waals surface area contributed by atoms with Crippen LogP contribution in [-0.4, -0.2) is 29.7 Å². The lowest BCUT2D eigenvalue weighted by atomic mass is 9.77. The van der Waals surface area contributed by atoms with Crippen molar-refractivity contribution in [2.45, 2.75) is 25.2 Å². The molecule has 1 aliphatic heterocycles. The van der Waals surface area contributed by atoms with Gasteiger partial charge in [0.15, 0.2) is 17.3 Å². The van der Waals surface area contributed by atoms with E-state index in [9.17, 15) is 24.3 Å². The maximum absolute atomic E-state index is 13.9. The predicted molar refractivity (Wildman–Crippen MR) is 127 cm³/mol. The third kappa shape index (κ3) is 4.63. The Bertz CT molecular complexity index is 1270. The number of anilines is 1. The summed E-state index contributed by atoms with van der Waals surface area (Å²) >= 11 is 1.12. The zero-order chi connectivity index (χ0) is 24.2. The Balaban J connectivity index is 1.66. The number of carbonyl (C=O) groups excluding carboxylic acids is 2. The zero-order valence-electron chi connectivity index (χ0n) is 18.4. The number of amides is 1. The number of phenolic OH excluding ortho intramolecular Hbond substituents is 1. The van der Waals surface area contributed by atoms with E-state index >= 15 is 0 Å². The molecule has 1 atom stereocenters. The van der Waals surface area contributed by atoms with Gasteiger partial charge in [0.25, 0.3) is 0 Å². The number of nitrogens with zero attached hydrogens (tertiary/aromatic N) is 1. The van der Waals surface area contributed by atoms with Gasteiger partial charge in [-0.2, -0.15) is 5.26 Å². The number of phenols is 1. The van der Waals surface area contributed by atoms with E-state index in [1.807, 2.05) is 0 Å². The summed E-state index contributed by atoms with van der Waals surface area (Å²) in [6.45, 7) is 0. The Kier molecular flexibility index (Phi) is 6.89. The normalized spacial score (nSPS) is 17.6. The van der Waals surface area contributed by atoms with E-state index in [-0.39, 0.29) is 28.7 Å². The van der Waals surface area contributed by atoms with Crippen molar-refractivity contribution in [3.63, 3.8) is 0 Å². The SMILES string of the molecule is COc1cc([C@@H]2C(C#N)=C(SCC(=O)Nc3ccccc3F)NC3=C2C(=O)CCC3)ccc1O. The van der Waals surface area contributed by atoms with Crippen LogP contribution in [0.25, 0.3) is 0 Å². The van der Waals surface area contributed by atoms with E-state index in [1.54, 1.807) is 18.2 Å². The molecule has 0 saturated carbocycles. The first kappa shape index (κ1) is 23.4. The summed E-state index contributed by atoms with van der Waals surface area (Å²) in [6.07, 6.45) is 1.71. The van der Waals surface area contributed by atoms with Crippen molar-refractivity contribution in [1.29, 1.82) is 5.26 Å². The first-order valence-corrected chi connectivity index (χ1v) is 11.6. The number of nitriles is 1. The topological polar surface area (TPSA) is 111 Å². The second-order valence-electron chi connectivity index (χ2n) is 7.83. The van der Waals surface area contributed by atoms with Gasteiger partial charge in [-0.1, -0.05) is 30.0 Å². The van der Waals surface area contributed by atoms with Crippen LogP contribution in [-0.2, 0) is 9.59 Å². The van der Waals surface area contributed by atoms with Crippen molar-refractivity contribution in [3.8, 4) is 17.6 Å². The van der Waals surface area contributed by atoms with Crippen molar-refractivity contribution >= 4 is 29.1 Å². The third-order valence-electron chi connectivity index (χ3n) is 5.70. The molecule has 4 rings (SSSR count). The van der Waals surface area contributed by atoms with Crippen LogP contribution in [0.2, 0.25) is 0 Å². The van der Waals surface area contributed by atoms with Gasteiger partial charge in [0.2, 0.25) is 5.91 Å². The summed E-state index contributed by atoms with van der Waals surface area (Å²) in [5, 5.41) is 26.3. The number of ether oxygens (including phenoxy) is 1. The summed E-state index contributed by atoms with van der Waals surface area (Å²) in [7, 11) is 1.42. The first-order valence-electron chi connectivity index (χ1n) is 10.6. The van der Waals surface area contributed by atoms with Gasteiger partial charge in [-0.05, 0) is 42.7 Å². The fraction of sp³-hybridized carbons (Fsp3) is 0.240. The number of allylic oxidation sites excluding steroid dienone is 3. The Morgan fingerprint density at radius 3 is 2.85 bits per heavy atom. The molecule has 1 amide bonds. The number of benzene rings is 2. The van der Waals surface area contributed by atoms with Gasteiger partial charge >= 0.3 is 0 Å². The molecule has 2 aromatic rings. The largest absolute Gasteiger partial charge is 0.504 e. The fourth-order valence-corrected chi connectivity index (χ4v) is 4.99. The number of hydrogen-bond donors (Lipinski definition) is 3. The average Bonchev–Trinajstić information content (AvgIpc) is 2.84. The smallest absolute Gasteiger partial charge is 0.234 e.